The second-order valence-corrected chi connectivity index (χ2v) is 9.29. The number of rotatable bonds is 3. The molecule has 0 spiro atoms. The van der Waals surface area contributed by atoms with Crippen molar-refractivity contribution < 1.29 is 14.4 Å². The van der Waals surface area contributed by atoms with Crippen molar-refractivity contribution in [1.82, 2.24) is 4.98 Å². The van der Waals surface area contributed by atoms with Crippen molar-refractivity contribution >= 4 is 57.3 Å². The second-order valence-electron chi connectivity index (χ2n) is 8.48. The minimum atomic E-state index is -0.958. The van der Waals surface area contributed by atoms with Crippen molar-refractivity contribution in [3.8, 4) is 0 Å². The molecule has 2 amide bonds. The Kier molecular flexibility index (Phi) is 4.92. The van der Waals surface area contributed by atoms with Crippen molar-refractivity contribution in [3.05, 3.63) is 94.1 Å². The molecule has 2 aliphatic rings. The third kappa shape index (κ3) is 3.06. The highest BCUT2D eigenvalue weighted by Crippen LogP contribution is 2.50. The molecular weight excluding hydrogens is 473 g/mol. The number of H-pyrrole nitrogens is 1. The molecule has 3 atom stereocenters. The summed E-state index contributed by atoms with van der Waals surface area (Å²) in [6, 6.07) is 21.7. The van der Waals surface area contributed by atoms with Gasteiger partial charge in [0.05, 0.1) is 27.5 Å². The van der Waals surface area contributed by atoms with Gasteiger partial charge in [0.1, 0.15) is 5.92 Å². The highest BCUT2D eigenvalue weighted by Gasteiger charge is 2.61. The number of fused-ring (bicyclic) bond motifs is 2. The number of hydrogen-bond acceptors (Lipinski definition) is 4. The topological polar surface area (TPSA) is 65.6 Å². The molecule has 0 aliphatic carbocycles. The lowest BCUT2D eigenvalue weighted by atomic mass is 9.89. The number of aromatic nitrogens is 1. The van der Waals surface area contributed by atoms with Crippen LogP contribution in [0.2, 0.25) is 10.0 Å². The molecule has 34 heavy (non-hydrogen) atoms. The van der Waals surface area contributed by atoms with Gasteiger partial charge in [-0.1, -0.05) is 59.6 Å². The number of benzene rings is 3. The number of nitrogens with zero attached hydrogens (tertiary/aromatic N) is 2. The van der Waals surface area contributed by atoms with Gasteiger partial charge in [-0.3, -0.25) is 14.4 Å². The zero-order valence-electron chi connectivity index (χ0n) is 18.0. The van der Waals surface area contributed by atoms with Gasteiger partial charge in [-0.2, -0.15) is 0 Å². The summed E-state index contributed by atoms with van der Waals surface area (Å²) >= 11 is 12.2. The number of imide groups is 1. The first-order valence-corrected chi connectivity index (χ1v) is 11.6. The molecule has 0 radical (unpaired) electrons. The summed E-state index contributed by atoms with van der Waals surface area (Å²) < 4.78 is 0. The fourth-order valence-electron chi connectivity index (χ4n) is 5.06. The standard InChI is InChI=1S/C26H19Cl2N3O3/c1-14-21(17-9-5-6-10-20(17)29-14)23-22-24(34-31(23)15-7-3-2-4-8-15)26(33)30(25(22)32)16-11-12-18(27)19(28)13-16/h2-13,22-24,29H,1H3/t22-,23-,24+/m0/s1. The van der Waals surface area contributed by atoms with Gasteiger partial charge in [-0.15, -0.1) is 0 Å². The molecule has 1 N–H and O–H groups in total. The Bertz CT molecular complexity index is 1450. The number of carbonyl (C=O) groups excluding carboxylic acids is 2. The zero-order chi connectivity index (χ0) is 23.6. The Morgan fingerprint density at radius 1 is 0.853 bits per heavy atom. The molecule has 2 aliphatic heterocycles. The summed E-state index contributed by atoms with van der Waals surface area (Å²) in [6.07, 6.45) is -0.958. The Morgan fingerprint density at radius 2 is 1.59 bits per heavy atom. The second kappa shape index (κ2) is 7.87. The minimum Gasteiger partial charge on any atom is -0.358 e. The number of para-hydroxylation sites is 2. The number of hydroxylamine groups is 1. The monoisotopic (exact) mass is 491 g/mol. The van der Waals surface area contributed by atoms with Crippen LogP contribution in [0, 0.1) is 12.8 Å². The molecular formula is C26H19Cl2N3O3. The molecule has 4 aromatic rings. The van der Waals surface area contributed by atoms with E-state index >= 15 is 0 Å². The number of aryl methyl sites for hydroxylation is 1. The van der Waals surface area contributed by atoms with E-state index in [9.17, 15) is 9.59 Å². The van der Waals surface area contributed by atoms with E-state index in [0.717, 1.165) is 32.7 Å². The van der Waals surface area contributed by atoms with Crippen molar-refractivity contribution in [2.24, 2.45) is 5.92 Å². The molecule has 6 nitrogen and oxygen atoms in total. The number of halogens is 2. The lowest BCUT2D eigenvalue weighted by Crippen LogP contribution is -2.37. The van der Waals surface area contributed by atoms with Gasteiger partial charge in [0.15, 0.2) is 6.10 Å². The van der Waals surface area contributed by atoms with E-state index in [4.69, 9.17) is 28.0 Å². The third-order valence-electron chi connectivity index (χ3n) is 6.53. The first-order chi connectivity index (χ1) is 16.5. The van der Waals surface area contributed by atoms with E-state index in [-0.39, 0.29) is 10.9 Å². The first kappa shape index (κ1) is 21.2. The normalized spacial score (nSPS) is 22.1. The lowest BCUT2D eigenvalue weighted by molar-refractivity contribution is -0.126. The predicted molar refractivity (Wildman–Crippen MR) is 132 cm³/mol. The van der Waals surface area contributed by atoms with Gasteiger partial charge in [0.2, 0.25) is 5.91 Å². The maximum absolute atomic E-state index is 13.8. The molecule has 8 heteroatoms. The van der Waals surface area contributed by atoms with Gasteiger partial charge in [0.25, 0.3) is 5.91 Å². The Morgan fingerprint density at radius 3 is 2.35 bits per heavy atom. The molecule has 170 valence electrons. The summed E-state index contributed by atoms with van der Waals surface area (Å²) in [5, 5.41) is 3.32. The smallest absolute Gasteiger partial charge is 0.266 e. The van der Waals surface area contributed by atoms with Crippen LogP contribution in [0.15, 0.2) is 72.8 Å². The van der Waals surface area contributed by atoms with Crippen LogP contribution in [-0.4, -0.2) is 22.9 Å². The molecule has 1 aromatic heterocycles. The van der Waals surface area contributed by atoms with Crippen LogP contribution in [0.5, 0.6) is 0 Å². The van der Waals surface area contributed by atoms with Crippen molar-refractivity contribution in [1.29, 1.82) is 0 Å². The van der Waals surface area contributed by atoms with Crippen molar-refractivity contribution in [2.75, 3.05) is 9.96 Å². The van der Waals surface area contributed by atoms with E-state index in [1.807, 2.05) is 61.5 Å². The van der Waals surface area contributed by atoms with E-state index in [0.29, 0.717) is 10.7 Å². The van der Waals surface area contributed by atoms with Crippen molar-refractivity contribution in [2.45, 2.75) is 19.1 Å². The largest absolute Gasteiger partial charge is 0.358 e. The van der Waals surface area contributed by atoms with Crippen LogP contribution in [0.25, 0.3) is 10.9 Å². The molecule has 2 saturated heterocycles. The van der Waals surface area contributed by atoms with Gasteiger partial charge >= 0.3 is 0 Å². The Hall–Kier alpha value is -3.32. The van der Waals surface area contributed by atoms with Gasteiger partial charge in [0, 0.05) is 22.2 Å². The number of nitrogens with one attached hydrogen (secondary N) is 1. The van der Waals surface area contributed by atoms with Crippen LogP contribution in [0.1, 0.15) is 17.3 Å². The molecule has 3 heterocycles. The molecule has 0 unspecified atom stereocenters. The van der Waals surface area contributed by atoms with E-state index < -0.39 is 24.0 Å². The Balaban J connectivity index is 1.51. The fourth-order valence-corrected chi connectivity index (χ4v) is 5.36. The molecule has 0 saturated carbocycles. The van der Waals surface area contributed by atoms with Crippen LogP contribution in [-0.2, 0) is 14.4 Å². The number of amides is 2. The zero-order valence-corrected chi connectivity index (χ0v) is 19.5. The highest BCUT2D eigenvalue weighted by atomic mass is 35.5. The number of hydrogen-bond donors (Lipinski definition) is 1. The van der Waals surface area contributed by atoms with Crippen molar-refractivity contribution in [3.63, 3.8) is 0 Å². The molecule has 3 aromatic carbocycles. The summed E-state index contributed by atoms with van der Waals surface area (Å²) in [5.74, 6) is -1.49. The van der Waals surface area contributed by atoms with E-state index in [1.165, 1.54) is 6.07 Å². The van der Waals surface area contributed by atoms with E-state index in [1.54, 1.807) is 17.2 Å². The lowest BCUT2D eigenvalue weighted by Gasteiger charge is -2.29. The average Bonchev–Trinajstić information content (AvgIpc) is 3.45. The van der Waals surface area contributed by atoms with Crippen LogP contribution < -0.4 is 9.96 Å². The van der Waals surface area contributed by atoms with Crippen LogP contribution in [0.4, 0.5) is 11.4 Å². The SMILES string of the molecule is Cc1[nH]c2ccccc2c1[C@H]1[C@@H]2C(=O)N(c3ccc(Cl)c(Cl)c3)C(=O)[C@@H]2ON1c1ccccc1. The third-order valence-corrected chi connectivity index (χ3v) is 7.27. The van der Waals surface area contributed by atoms with Crippen LogP contribution in [0.3, 0.4) is 0 Å². The average molecular weight is 492 g/mol. The summed E-state index contributed by atoms with van der Waals surface area (Å²) in [4.78, 5) is 38.2. The summed E-state index contributed by atoms with van der Waals surface area (Å²) in [7, 11) is 0. The van der Waals surface area contributed by atoms with Gasteiger partial charge < -0.3 is 4.98 Å². The number of anilines is 2. The predicted octanol–water partition coefficient (Wildman–Crippen LogP) is 5.83. The first-order valence-electron chi connectivity index (χ1n) is 10.9. The maximum atomic E-state index is 13.8. The summed E-state index contributed by atoms with van der Waals surface area (Å²) in [6.45, 7) is 1.98. The molecule has 0 bridgehead atoms. The molecule has 6 rings (SSSR count). The van der Waals surface area contributed by atoms with E-state index in [2.05, 4.69) is 4.98 Å². The molecule has 2 fully saturated rings. The summed E-state index contributed by atoms with van der Waals surface area (Å²) in [5.41, 5.74) is 3.97. The van der Waals surface area contributed by atoms with Gasteiger partial charge in [-0.05, 0) is 43.3 Å². The Labute approximate surface area is 205 Å². The number of aromatic amines is 1. The fraction of sp³-hybridized carbons (Fsp3) is 0.154. The highest BCUT2D eigenvalue weighted by molar-refractivity contribution is 6.42. The minimum absolute atomic E-state index is 0.271. The van der Waals surface area contributed by atoms with Crippen LogP contribution >= 0.6 is 23.2 Å². The maximum Gasteiger partial charge on any atom is 0.266 e. The quantitative estimate of drug-likeness (QED) is 0.366. The number of carbonyl (C=O) groups is 2. The van der Waals surface area contributed by atoms with Gasteiger partial charge in [-0.25, -0.2) is 9.96 Å².